The topological polar surface area (TPSA) is 61.5 Å². The molecule has 0 aliphatic heterocycles. The first kappa shape index (κ1) is 17.2. The van der Waals surface area contributed by atoms with Crippen molar-refractivity contribution in [1.29, 1.82) is 0 Å². The van der Waals surface area contributed by atoms with Crippen LogP contribution in [0, 0.1) is 0 Å². The smallest absolute Gasteiger partial charge is 0.234 e. The summed E-state index contributed by atoms with van der Waals surface area (Å²) in [5, 5.41) is 14.0. The standard InChI is InChI=1S/C20H18N4O2S/c1-25-16-10-8-15(12-17(16)26-2)9-11-19-23-24-18(21-22-20(24)27-19)13-14-6-4-3-5-7-14/h3-12H,13H2,1-2H3/b11-9+. The van der Waals surface area contributed by atoms with Gasteiger partial charge in [0.1, 0.15) is 5.01 Å². The minimum Gasteiger partial charge on any atom is -0.493 e. The second-order valence-electron chi connectivity index (χ2n) is 5.86. The molecule has 136 valence electrons. The highest BCUT2D eigenvalue weighted by atomic mass is 32.1. The minimum absolute atomic E-state index is 0.697. The second-order valence-corrected chi connectivity index (χ2v) is 6.85. The number of nitrogens with zero attached hydrogens (tertiary/aromatic N) is 4. The summed E-state index contributed by atoms with van der Waals surface area (Å²) in [6.07, 6.45) is 4.65. The van der Waals surface area contributed by atoms with E-state index >= 15 is 0 Å². The molecule has 2 aromatic heterocycles. The van der Waals surface area contributed by atoms with Crippen LogP contribution in [0.2, 0.25) is 0 Å². The van der Waals surface area contributed by atoms with Crippen LogP contribution in [0.3, 0.4) is 0 Å². The maximum Gasteiger partial charge on any atom is 0.234 e. The Hall–Kier alpha value is -3.19. The van der Waals surface area contributed by atoms with Crippen molar-refractivity contribution in [2.24, 2.45) is 0 Å². The molecular formula is C20H18N4O2S. The number of methoxy groups -OCH3 is 2. The van der Waals surface area contributed by atoms with Gasteiger partial charge in [-0.3, -0.25) is 0 Å². The summed E-state index contributed by atoms with van der Waals surface area (Å²) < 4.78 is 12.4. The lowest BCUT2D eigenvalue weighted by atomic mass is 10.1. The van der Waals surface area contributed by atoms with Crippen LogP contribution in [0.4, 0.5) is 0 Å². The molecule has 4 rings (SSSR count). The van der Waals surface area contributed by atoms with Gasteiger partial charge in [-0.2, -0.15) is 9.61 Å². The predicted molar refractivity (Wildman–Crippen MR) is 106 cm³/mol. The molecule has 2 aromatic carbocycles. The van der Waals surface area contributed by atoms with E-state index in [4.69, 9.17) is 9.47 Å². The second kappa shape index (κ2) is 7.59. The maximum atomic E-state index is 5.34. The van der Waals surface area contributed by atoms with E-state index in [0.717, 1.165) is 21.4 Å². The molecule has 0 bridgehead atoms. The van der Waals surface area contributed by atoms with Crippen LogP contribution in [-0.2, 0) is 6.42 Å². The van der Waals surface area contributed by atoms with Gasteiger partial charge < -0.3 is 9.47 Å². The van der Waals surface area contributed by atoms with E-state index in [9.17, 15) is 0 Å². The number of fused-ring (bicyclic) bond motifs is 1. The van der Waals surface area contributed by atoms with Crippen molar-refractivity contribution in [3.8, 4) is 11.5 Å². The van der Waals surface area contributed by atoms with Gasteiger partial charge in [-0.25, -0.2) is 0 Å². The van der Waals surface area contributed by atoms with Crippen molar-refractivity contribution in [1.82, 2.24) is 19.8 Å². The average molecular weight is 378 g/mol. The maximum absolute atomic E-state index is 5.34. The Morgan fingerprint density at radius 2 is 1.78 bits per heavy atom. The quantitative estimate of drug-likeness (QED) is 0.508. The molecule has 0 atom stereocenters. The highest BCUT2D eigenvalue weighted by molar-refractivity contribution is 7.17. The van der Waals surface area contributed by atoms with Crippen molar-refractivity contribution >= 4 is 28.4 Å². The Balaban J connectivity index is 1.57. The fourth-order valence-electron chi connectivity index (χ4n) is 2.75. The normalized spacial score (nSPS) is 11.3. The molecule has 0 aliphatic carbocycles. The largest absolute Gasteiger partial charge is 0.493 e. The van der Waals surface area contributed by atoms with Crippen molar-refractivity contribution in [3.63, 3.8) is 0 Å². The van der Waals surface area contributed by atoms with Gasteiger partial charge in [0, 0.05) is 6.42 Å². The van der Waals surface area contributed by atoms with Crippen LogP contribution >= 0.6 is 11.3 Å². The van der Waals surface area contributed by atoms with Crippen LogP contribution < -0.4 is 9.47 Å². The number of rotatable bonds is 6. The number of benzene rings is 2. The van der Waals surface area contributed by atoms with Gasteiger partial charge in [-0.05, 0) is 29.3 Å². The molecule has 0 spiro atoms. The van der Waals surface area contributed by atoms with E-state index in [1.165, 1.54) is 16.9 Å². The third kappa shape index (κ3) is 3.68. The summed E-state index contributed by atoms with van der Waals surface area (Å²) in [7, 11) is 3.25. The van der Waals surface area contributed by atoms with Crippen molar-refractivity contribution in [3.05, 3.63) is 70.5 Å². The van der Waals surface area contributed by atoms with Crippen LogP contribution in [0.15, 0.2) is 48.5 Å². The molecule has 0 aliphatic rings. The fourth-order valence-corrected chi connectivity index (χ4v) is 3.51. The molecule has 4 aromatic rings. The van der Waals surface area contributed by atoms with Gasteiger partial charge in [0.2, 0.25) is 4.96 Å². The van der Waals surface area contributed by atoms with Gasteiger partial charge in [0.15, 0.2) is 17.3 Å². The number of hydrogen-bond donors (Lipinski definition) is 0. The molecule has 0 N–H and O–H groups in total. The number of hydrogen-bond acceptors (Lipinski definition) is 6. The number of aromatic nitrogens is 4. The van der Waals surface area contributed by atoms with Crippen molar-refractivity contribution in [2.75, 3.05) is 14.2 Å². The van der Waals surface area contributed by atoms with E-state index in [1.807, 2.05) is 53.1 Å². The molecule has 7 heteroatoms. The summed E-state index contributed by atoms with van der Waals surface area (Å²) >= 11 is 1.50. The molecule has 6 nitrogen and oxygen atoms in total. The lowest BCUT2D eigenvalue weighted by Crippen LogP contribution is -1.97. The Bertz CT molecular complexity index is 1090. The van der Waals surface area contributed by atoms with Gasteiger partial charge in [0.05, 0.1) is 14.2 Å². The van der Waals surface area contributed by atoms with E-state index in [2.05, 4.69) is 27.4 Å². The molecule has 27 heavy (non-hydrogen) atoms. The first-order chi connectivity index (χ1) is 13.3. The lowest BCUT2D eigenvalue weighted by Gasteiger charge is -2.07. The first-order valence-electron chi connectivity index (χ1n) is 8.42. The van der Waals surface area contributed by atoms with Gasteiger partial charge >= 0.3 is 0 Å². The Kier molecular flexibility index (Phi) is 4.84. The van der Waals surface area contributed by atoms with Gasteiger partial charge in [-0.15, -0.1) is 10.2 Å². The van der Waals surface area contributed by atoms with E-state index < -0.39 is 0 Å². The number of ether oxygens (including phenoxy) is 2. The fraction of sp³-hybridized carbons (Fsp3) is 0.150. The highest BCUT2D eigenvalue weighted by Crippen LogP contribution is 2.28. The third-order valence-corrected chi connectivity index (χ3v) is 4.97. The summed E-state index contributed by atoms with van der Waals surface area (Å²) in [6.45, 7) is 0. The van der Waals surface area contributed by atoms with Crippen molar-refractivity contribution in [2.45, 2.75) is 6.42 Å². The molecule has 0 saturated carbocycles. The molecular weight excluding hydrogens is 360 g/mol. The predicted octanol–water partition coefficient (Wildman–Crippen LogP) is 3.96. The molecule has 0 saturated heterocycles. The third-order valence-electron chi connectivity index (χ3n) is 4.10. The Labute approximate surface area is 160 Å². The van der Waals surface area contributed by atoms with Crippen LogP contribution in [-0.4, -0.2) is 34.0 Å². The summed E-state index contributed by atoms with van der Waals surface area (Å²) in [5.41, 5.74) is 2.19. The summed E-state index contributed by atoms with van der Waals surface area (Å²) in [5.74, 6) is 2.24. The van der Waals surface area contributed by atoms with E-state index in [1.54, 1.807) is 14.2 Å². The first-order valence-corrected chi connectivity index (χ1v) is 9.23. The highest BCUT2D eigenvalue weighted by Gasteiger charge is 2.11. The van der Waals surface area contributed by atoms with E-state index in [-0.39, 0.29) is 0 Å². The molecule has 0 amide bonds. The van der Waals surface area contributed by atoms with Gasteiger partial charge in [0.25, 0.3) is 0 Å². The van der Waals surface area contributed by atoms with Crippen LogP contribution in [0.1, 0.15) is 22.0 Å². The average Bonchev–Trinajstić information content (AvgIpc) is 3.28. The van der Waals surface area contributed by atoms with Crippen LogP contribution in [0.25, 0.3) is 17.1 Å². The zero-order chi connectivity index (χ0) is 18.6. The van der Waals surface area contributed by atoms with E-state index in [0.29, 0.717) is 17.9 Å². The lowest BCUT2D eigenvalue weighted by molar-refractivity contribution is 0.355. The molecule has 0 fully saturated rings. The van der Waals surface area contributed by atoms with Gasteiger partial charge in [-0.1, -0.05) is 53.8 Å². The monoisotopic (exact) mass is 378 g/mol. The Morgan fingerprint density at radius 3 is 2.56 bits per heavy atom. The zero-order valence-corrected chi connectivity index (χ0v) is 15.8. The molecule has 0 unspecified atom stereocenters. The minimum atomic E-state index is 0.697. The SMILES string of the molecule is COc1ccc(/C=C/c2nn3c(Cc4ccccc4)nnc3s2)cc1OC. The molecule has 0 radical (unpaired) electrons. The molecule has 2 heterocycles. The van der Waals surface area contributed by atoms with Crippen LogP contribution in [0.5, 0.6) is 11.5 Å². The zero-order valence-electron chi connectivity index (χ0n) is 15.0. The summed E-state index contributed by atoms with van der Waals surface area (Å²) in [6, 6.07) is 16.0. The van der Waals surface area contributed by atoms with Crippen molar-refractivity contribution < 1.29 is 9.47 Å². The summed E-state index contributed by atoms with van der Waals surface area (Å²) in [4.78, 5) is 0.785. The Morgan fingerprint density at radius 1 is 0.963 bits per heavy atom.